The van der Waals surface area contributed by atoms with Gasteiger partial charge in [0.05, 0.1) is 5.69 Å². The van der Waals surface area contributed by atoms with Gasteiger partial charge in [0, 0.05) is 24.9 Å². The molecule has 0 aliphatic carbocycles. The molecule has 0 bridgehead atoms. The number of amides is 1. The zero-order valence-corrected chi connectivity index (χ0v) is 8.69. The zero-order chi connectivity index (χ0) is 11.7. The predicted molar refractivity (Wildman–Crippen MR) is 58.7 cm³/mol. The number of phenols is 1. The molecule has 1 aliphatic rings. The lowest BCUT2D eigenvalue weighted by Crippen LogP contribution is -2.25. The number of nitrogens with zero attached hydrogens (tertiary/aromatic N) is 1. The van der Waals surface area contributed by atoms with Gasteiger partial charge in [0.25, 0.3) is 0 Å². The second kappa shape index (κ2) is 3.96. The van der Waals surface area contributed by atoms with E-state index in [0.717, 1.165) is 6.07 Å². The first kappa shape index (κ1) is 10.7. The molecule has 1 aliphatic heterocycles. The Morgan fingerprint density at radius 3 is 2.94 bits per heavy atom. The normalized spacial score (nSPS) is 20.2. The molecule has 0 radical (unpaired) electrons. The fourth-order valence-electron chi connectivity index (χ4n) is 1.83. The Morgan fingerprint density at radius 2 is 2.31 bits per heavy atom. The number of aromatic hydroxyl groups is 1. The molecule has 1 atom stereocenters. The van der Waals surface area contributed by atoms with E-state index in [0.29, 0.717) is 13.0 Å². The molecular formula is C12H12FNO2. The van der Waals surface area contributed by atoms with Crippen LogP contribution in [-0.2, 0) is 4.79 Å². The number of hydrogen-bond acceptors (Lipinski definition) is 2. The van der Waals surface area contributed by atoms with Gasteiger partial charge < -0.3 is 10.0 Å². The van der Waals surface area contributed by atoms with E-state index >= 15 is 0 Å². The summed E-state index contributed by atoms with van der Waals surface area (Å²) in [5.74, 6) is -0.647. The molecule has 1 fully saturated rings. The molecule has 1 aromatic carbocycles. The number of benzene rings is 1. The number of phenolic OH excluding ortho intramolecular Hbond substituents is 1. The van der Waals surface area contributed by atoms with Crippen LogP contribution in [0.1, 0.15) is 6.42 Å². The van der Waals surface area contributed by atoms with E-state index in [1.165, 1.54) is 17.0 Å². The van der Waals surface area contributed by atoms with Gasteiger partial charge in [-0.05, 0) is 12.1 Å². The highest BCUT2D eigenvalue weighted by molar-refractivity contribution is 5.96. The molecule has 1 saturated heterocycles. The third kappa shape index (κ3) is 1.78. The summed E-state index contributed by atoms with van der Waals surface area (Å²) in [6, 6.07) is 3.67. The van der Waals surface area contributed by atoms with Crippen LogP contribution in [0.3, 0.4) is 0 Å². The first-order valence-electron chi connectivity index (χ1n) is 5.03. The second-order valence-electron chi connectivity index (χ2n) is 3.84. The van der Waals surface area contributed by atoms with Crippen molar-refractivity contribution in [2.24, 2.45) is 5.92 Å². The highest BCUT2D eigenvalue weighted by atomic mass is 19.1. The number of hydrogen-bond donors (Lipinski definition) is 1. The molecule has 1 heterocycles. The largest absolute Gasteiger partial charge is 0.508 e. The highest BCUT2D eigenvalue weighted by Gasteiger charge is 2.30. The van der Waals surface area contributed by atoms with Gasteiger partial charge in [-0.25, -0.2) is 4.39 Å². The van der Waals surface area contributed by atoms with Gasteiger partial charge in [0.2, 0.25) is 5.91 Å². The molecule has 1 aromatic rings. The Bertz CT molecular complexity index is 445. The second-order valence-corrected chi connectivity index (χ2v) is 3.84. The summed E-state index contributed by atoms with van der Waals surface area (Å²) in [7, 11) is 0. The molecule has 0 spiro atoms. The van der Waals surface area contributed by atoms with Crippen LogP contribution in [0.2, 0.25) is 0 Å². The smallest absolute Gasteiger partial charge is 0.227 e. The van der Waals surface area contributed by atoms with Gasteiger partial charge in [-0.2, -0.15) is 0 Å². The van der Waals surface area contributed by atoms with Crippen molar-refractivity contribution in [3.63, 3.8) is 0 Å². The Balaban J connectivity index is 2.34. The molecule has 4 heteroatoms. The molecule has 16 heavy (non-hydrogen) atoms. The quantitative estimate of drug-likeness (QED) is 0.776. The van der Waals surface area contributed by atoms with Crippen molar-refractivity contribution in [2.45, 2.75) is 6.42 Å². The van der Waals surface area contributed by atoms with Gasteiger partial charge in [0.1, 0.15) is 11.6 Å². The minimum absolute atomic E-state index is 0.0498. The van der Waals surface area contributed by atoms with Crippen molar-refractivity contribution in [3.8, 4) is 5.75 Å². The molecule has 1 unspecified atom stereocenters. The molecule has 3 nitrogen and oxygen atoms in total. The van der Waals surface area contributed by atoms with Crippen molar-refractivity contribution in [1.82, 2.24) is 0 Å². The van der Waals surface area contributed by atoms with Crippen LogP contribution in [0.4, 0.5) is 10.1 Å². The summed E-state index contributed by atoms with van der Waals surface area (Å²) >= 11 is 0. The zero-order valence-electron chi connectivity index (χ0n) is 8.69. The monoisotopic (exact) mass is 221 g/mol. The Kier molecular flexibility index (Phi) is 2.64. The van der Waals surface area contributed by atoms with E-state index in [-0.39, 0.29) is 23.3 Å². The van der Waals surface area contributed by atoms with Crippen LogP contribution in [-0.4, -0.2) is 17.6 Å². The molecule has 1 amide bonds. The van der Waals surface area contributed by atoms with Gasteiger partial charge in [0.15, 0.2) is 0 Å². The minimum atomic E-state index is -0.504. The topological polar surface area (TPSA) is 40.5 Å². The molecule has 1 N–H and O–H groups in total. The standard InChI is InChI=1S/C12H12FNO2/c1-2-8-5-12(16)14(7-8)11-6-9(15)3-4-10(11)13/h2-4,6,8,15H,1,5,7H2. The number of rotatable bonds is 2. The summed E-state index contributed by atoms with van der Waals surface area (Å²) < 4.78 is 13.5. The molecule has 84 valence electrons. The maximum absolute atomic E-state index is 13.5. The van der Waals surface area contributed by atoms with E-state index in [4.69, 9.17) is 0 Å². The summed E-state index contributed by atoms with van der Waals surface area (Å²) in [5, 5.41) is 9.28. The van der Waals surface area contributed by atoms with Crippen molar-refractivity contribution in [1.29, 1.82) is 0 Å². The summed E-state index contributed by atoms with van der Waals surface area (Å²) in [4.78, 5) is 13.0. The minimum Gasteiger partial charge on any atom is -0.508 e. The highest BCUT2D eigenvalue weighted by Crippen LogP contribution is 2.30. The lowest BCUT2D eigenvalue weighted by molar-refractivity contribution is -0.117. The summed E-state index contributed by atoms with van der Waals surface area (Å²) in [5.41, 5.74) is 0.134. The Labute approximate surface area is 92.8 Å². The molecule has 0 saturated carbocycles. The number of carbonyl (C=O) groups is 1. The molecule has 0 aromatic heterocycles. The fourth-order valence-corrected chi connectivity index (χ4v) is 1.83. The van der Waals surface area contributed by atoms with Gasteiger partial charge in [-0.15, -0.1) is 6.58 Å². The van der Waals surface area contributed by atoms with E-state index in [1.807, 2.05) is 0 Å². The van der Waals surface area contributed by atoms with Gasteiger partial charge >= 0.3 is 0 Å². The SMILES string of the molecule is C=CC1CC(=O)N(c2cc(O)ccc2F)C1. The van der Waals surface area contributed by atoms with Gasteiger partial charge in [-0.1, -0.05) is 6.08 Å². The molecular weight excluding hydrogens is 209 g/mol. The van der Waals surface area contributed by atoms with E-state index in [1.54, 1.807) is 6.08 Å². The first-order chi connectivity index (χ1) is 7.61. The Hall–Kier alpha value is -1.84. The lowest BCUT2D eigenvalue weighted by Gasteiger charge is -2.17. The average Bonchev–Trinajstić information content (AvgIpc) is 2.63. The summed E-state index contributed by atoms with van der Waals surface area (Å²) in [6.45, 7) is 4.04. The van der Waals surface area contributed by atoms with Crippen molar-refractivity contribution in [2.75, 3.05) is 11.4 Å². The van der Waals surface area contributed by atoms with Crippen molar-refractivity contribution >= 4 is 11.6 Å². The number of carbonyl (C=O) groups excluding carboxylic acids is 1. The average molecular weight is 221 g/mol. The summed E-state index contributed by atoms with van der Waals surface area (Å²) in [6.07, 6.45) is 2.04. The molecule has 2 rings (SSSR count). The number of anilines is 1. The van der Waals surface area contributed by atoms with Crippen molar-refractivity contribution in [3.05, 3.63) is 36.7 Å². The van der Waals surface area contributed by atoms with Crippen LogP contribution in [0.15, 0.2) is 30.9 Å². The third-order valence-electron chi connectivity index (χ3n) is 2.71. The fraction of sp³-hybridized carbons (Fsp3) is 0.250. The Morgan fingerprint density at radius 1 is 1.56 bits per heavy atom. The van der Waals surface area contributed by atoms with Crippen LogP contribution < -0.4 is 4.90 Å². The van der Waals surface area contributed by atoms with E-state index in [9.17, 15) is 14.3 Å². The van der Waals surface area contributed by atoms with Crippen molar-refractivity contribution < 1.29 is 14.3 Å². The predicted octanol–water partition coefficient (Wildman–Crippen LogP) is 2.07. The van der Waals surface area contributed by atoms with Crippen LogP contribution in [0.5, 0.6) is 5.75 Å². The maximum Gasteiger partial charge on any atom is 0.227 e. The first-order valence-corrected chi connectivity index (χ1v) is 5.03. The van der Waals surface area contributed by atoms with Gasteiger partial charge in [-0.3, -0.25) is 4.79 Å². The van der Waals surface area contributed by atoms with Crippen LogP contribution in [0, 0.1) is 11.7 Å². The lowest BCUT2D eigenvalue weighted by atomic mass is 10.1. The number of halogens is 1. The van der Waals surface area contributed by atoms with Crippen LogP contribution >= 0.6 is 0 Å². The van der Waals surface area contributed by atoms with E-state index < -0.39 is 5.82 Å². The third-order valence-corrected chi connectivity index (χ3v) is 2.71. The van der Waals surface area contributed by atoms with E-state index in [2.05, 4.69) is 6.58 Å². The maximum atomic E-state index is 13.5. The van der Waals surface area contributed by atoms with Crippen LogP contribution in [0.25, 0.3) is 0 Å².